The summed E-state index contributed by atoms with van der Waals surface area (Å²) in [6.07, 6.45) is 4.98. The molecule has 22 heavy (non-hydrogen) atoms. The fourth-order valence-corrected chi connectivity index (χ4v) is 5.58. The standard InChI is InChI=1S/C17H20O2S3/c1-3-4-8-21-22-16(15-6-5-7-20-15)14-10-17(11-18,12-19)9-13(14)2/h3-8,18-19H,1-2,9-12H2/b8-4-,16-14-. The van der Waals surface area contributed by atoms with Crippen molar-refractivity contribution in [1.82, 2.24) is 0 Å². The summed E-state index contributed by atoms with van der Waals surface area (Å²) < 4.78 is 0. The lowest BCUT2D eigenvalue weighted by Crippen LogP contribution is -2.25. The summed E-state index contributed by atoms with van der Waals surface area (Å²) in [6.45, 7) is 7.81. The maximum Gasteiger partial charge on any atom is 0.0515 e. The molecule has 0 amide bonds. The fourth-order valence-electron chi connectivity index (χ4n) is 2.45. The highest BCUT2D eigenvalue weighted by Gasteiger charge is 2.39. The maximum absolute atomic E-state index is 9.66. The zero-order valence-corrected chi connectivity index (χ0v) is 14.8. The molecule has 1 aliphatic carbocycles. The van der Waals surface area contributed by atoms with Crippen LogP contribution in [0.4, 0.5) is 0 Å². The van der Waals surface area contributed by atoms with Crippen molar-refractivity contribution < 1.29 is 10.2 Å². The van der Waals surface area contributed by atoms with Crippen LogP contribution in [0.3, 0.4) is 0 Å². The van der Waals surface area contributed by atoms with E-state index < -0.39 is 5.41 Å². The van der Waals surface area contributed by atoms with Crippen LogP contribution in [0, 0.1) is 5.41 Å². The second-order valence-corrected chi connectivity index (χ2v) is 8.37. The number of aliphatic hydroxyl groups is 2. The van der Waals surface area contributed by atoms with Crippen molar-refractivity contribution in [3.8, 4) is 0 Å². The van der Waals surface area contributed by atoms with Crippen LogP contribution < -0.4 is 0 Å². The average molecular weight is 353 g/mol. The van der Waals surface area contributed by atoms with Crippen LogP contribution in [0.1, 0.15) is 17.7 Å². The Balaban J connectivity index is 2.32. The van der Waals surface area contributed by atoms with Crippen LogP contribution in [0.2, 0.25) is 0 Å². The predicted molar refractivity (Wildman–Crippen MR) is 101 cm³/mol. The molecule has 0 saturated heterocycles. The monoisotopic (exact) mass is 352 g/mol. The largest absolute Gasteiger partial charge is 0.396 e. The van der Waals surface area contributed by atoms with Crippen LogP contribution >= 0.6 is 32.9 Å². The first-order chi connectivity index (χ1) is 10.7. The van der Waals surface area contributed by atoms with E-state index in [2.05, 4.69) is 24.6 Å². The number of hydrogen-bond donors (Lipinski definition) is 2. The summed E-state index contributed by atoms with van der Waals surface area (Å²) in [7, 11) is 3.33. The van der Waals surface area contributed by atoms with E-state index in [1.807, 2.05) is 17.6 Å². The predicted octanol–water partition coefficient (Wildman–Crippen LogP) is 4.86. The van der Waals surface area contributed by atoms with E-state index in [1.54, 1.807) is 39.0 Å². The Labute approximate surface area is 143 Å². The van der Waals surface area contributed by atoms with E-state index in [4.69, 9.17) is 0 Å². The van der Waals surface area contributed by atoms with Crippen molar-refractivity contribution in [2.75, 3.05) is 13.2 Å². The average Bonchev–Trinajstić information content (AvgIpc) is 3.16. The Kier molecular flexibility index (Phi) is 6.59. The van der Waals surface area contributed by atoms with Gasteiger partial charge in [0.25, 0.3) is 0 Å². The van der Waals surface area contributed by atoms with E-state index in [0.717, 1.165) is 11.1 Å². The first kappa shape index (κ1) is 17.6. The second kappa shape index (κ2) is 8.22. The van der Waals surface area contributed by atoms with Crippen molar-refractivity contribution in [2.45, 2.75) is 12.8 Å². The van der Waals surface area contributed by atoms with E-state index >= 15 is 0 Å². The molecule has 0 unspecified atom stereocenters. The molecule has 1 aromatic heterocycles. The number of thiophene rings is 1. The Morgan fingerprint density at radius 3 is 2.68 bits per heavy atom. The van der Waals surface area contributed by atoms with Gasteiger partial charge in [0.05, 0.1) is 13.2 Å². The van der Waals surface area contributed by atoms with Gasteiger partial charge in [0.15, 0.2) is 0 Å². The molecule has 0 radical (unpaired) electrons. The summed E-state index contributed by atoms with van der Waals surface area (Å²) in [5.74, 6) is 0. The molecule has 118 valence electrons. The Morgan fingerprint density at radius 2 is 2.14 bits per heavy atom. The molecule has 0 atom stereocenters. The SMILES string of the molecule is C=C/C=C\SS/C(=C1/CC(CO)(CO)CC1=C)c1cccs1. The number of allylic oxidation sites excluding steroid dienone is 4. The molecule has 0 aliphatic heterocycles. The van der Waals surface area contributed by atoms with Gasteiger partial charge < -0.3 is 10.2 Å². The molecule has 0 aromatic carbocycles. The van der Waals surface area contributed by atoms with Gasteiger partial charge in [0.1, 0.15) is 0 Å². The van der Waals surface area contributed by atoms with Gasteiger partial charge in [-0.2, -0.15) is 0 Å². The summed E-state index contributed by atoms with van der Waals surface area (Å²) in [4.78, 5) is 2.38. The molecule has 1 aliphatic rings. The quantitative estimate of drug-likeness (QED) is 0.543. The van der Waals surface area contributed by atoms with E-state index in [0.29, 0.717) is 12.8 Å². The molecule has 5 heteroatoms. The molecule has 2 nitrogen and oxygen atoms in total. The summed E-state index contributed by atoms with van der Waals surface area (Å²) in [5.41, 5.74) is 1.72. The van der Waals surface area contributed by atoms with Gasteiger partial charge in [0, 0.05) is 15.2 Å². The fraction of sp³-hybridized carbons (Fsp3) is 0.294. The van der Waals surface area contributed by atoms with Crippen molar-refractivity contribution in [1.29, 1.82) is 0 Å². The first-order valence-corrected chi connectivity index (χ1v) is 10.0. The molecule has 0 spiro atoms. The summed E-state index contributed by atoms with van der Waals surface area (Å²) >= 11 is 1.70. The molecule has 2 N–H and O–H groups in total. The van der Waals surface area contributed by atoms with Crippen LogP contribution in [-0.4, -0.2) is 23.4 Å². The van der Waals surface area contributed by atoms with Gasteiger partial charge in [-0.05, 0) is 35.3 Å². The minimum absolute atomic E-state index is 0.0160. The third-order valence-electron chi connectivity index (χ3n) is 3.66. The highest BCUT2D eigenvalue weighted by molar-refractivity contribution is 8.81. The van der Waals surface area contributed by atoms with Gasteiger partial charge >= 0.3 is 0 Å². The van der Waals surface area contributed by atoms with Crippen LogP contribution in [-0.2, 0) is 0 Å². The highest BCUT2D eigenvalue weighted by Crippen LogP contribution is 2.52. The molecule has 1 heterocycles. The molecular formula is C17H20O2S3. The molecule has 1 fully saturated rings. The number of rotatable bonds is 7. The van der Waals surface area contributed by atoms with Crippen molar-refractivity contribution in [2.24, 2.45) is 5.41 Å². The lowest BCUT2D eigenvalue weighted by atomic mass is 9.88. The van der Waals surface area contributed by atoms with E-state index in [-0.39, 0.29) is 13.2 Å². The highest BCUT2D eigenvalue weighted by atomic mass is 33.1. The number of aliphatic hydroxyl groups excluding tert-OH is 2. The zero-order chi connectivity index (χ0) is 16.0. The summed E-state index contributed by atoms with van der Waals surface area (Å²) in [6, 6.07) is 4.14. The third-order valence-corrected chi connectivity index (χ3v) is 6.79. The van der Waals surface area contributed by atoms with Gasteiger partial charge in [-0.25, -0.2) is 0 Å². The van der Waals surface area contributed by atoms with Gasteiger partial charge in [0.2, 0.25) is 0 Å². The maximum atomic E-state index is 9.66. The molecule has 1 saturated carbocycles. The second-order valence-electron chi connectivity index (χ2n) is 5.30. The van der Waals surface area contributed by atoms with Gasteiger partial charge in [-0.3, -0.25) is 0 Å². The summed E-state index contributed by atoms with van der Waals surface area (Å²) in [5, 5.41) is 23.4. The molecule has 1 aromatic rings. The number of hydrogen-bond acceptors (Lipinski definition) is 5. The third kappa shape index (κ3) is 3.97. The normalized spacial score (nSPS) is 19.8. The lowest BCUT2D eigenvalue weighted by Gasteiger charge is -2.22. The molecule has 0 bridgehead atoms. The van der Waals surface area contributed by atoms with E-state index in [1.165, 1.54) is 9.78 Å². The first-order valence-electron chi connectivity index (χ1n) is 6.93. The zero-order valence-electron chi connectivity index (χ0n) is 12.3. The van der Waals surface area contributed by atoms with Crippen LogP contribution in [0.5, 0.6) is 0 Å². The Hall–Kier alpha value is -0.720. The Bertz CT molecular complexity index is 581. The Morgan fingerprint density at radius 1 is 1.36 bits per heavy atom. The van der Waals surface area contributed by atoms with Gasteiger partial charge in [-0.1, -0.05) is 58.5 Å². The van der Waals surface area contributed by atoms with Crippen LogP contribution in [0.25, 0.3) is 4.91 Å². The van der Waals surface area contributed by atoms with Crippen molar-refractivity contribution in [3.05, 3.63) is 64.3 Å². The molecule has 2 rings (SSSR count). The minimum Gasteiger partial charge on any atom is -0.396 e. The molecular weight excluding hydrogens is 332 g/mol. The lowest BCUT2D eigenvalue weighted by molar-refractivity contribution is 0.0663. The van der Waals surface area contributed by atoms with Crippen LogP contribution in [0.15, 0.2) is 59.4 Å². The van der Waals surface area contributed by atoms with E-state index in [9.17, 15) is 10.2 Å². The smallest absolute Gasteiger partial charge is 0.0515 e. The van der Waals surface area contributed by atoms with Crippen molar-refractivity contribution in [3.63, 3.8) is 0 Å². The topological polar surface area (TPSA) is 40.5 Å². The van der Waals surface area contributed by atoms with Gasteiger partial charge in [-0.15, -0.1) is 11.3 Å². The minimum atomic E-state index is -0.461. The van der Waals surface area contributed by atoms with Crippen molar-refractivity contribution >= 4 is 37.8 Å².